The van der Waals surface area contributed by atoms with Gasteiger partial charge in [0, 0.05) is 6.04 Å². The maximum atomic E-state index is 11.9. The lowest BCUT2D eigenvalue weighted by Crippen LogP contribution is -2.41. The van der Waals surface area contributed by atoms with E-state index in [4.69, 9.17) is 4.74 Å². The molecule has 2 unspecified atom stereocenters. The van der Waals surface area contributed by atoms with Crippen molar-refractivity contribution in [3.63, 3.8) is 0 Å². The zero-order chi connectivity index (χ0) is 13.5. The van der Waals surface area contributed by atoms with Gasteiger partial charge in [0.05, 0.1) is 0 Å². The standard InChI is InChI=1S/C15H23NO2/c1-5-7-12(3)16-15(17)13(4)18-14-9-6-8-11(2)10-14/h6,8-10,12-13H,5,7H2,1-4H3,(H,16,17). The average Bonchev–Trinajstić information content (AvgIpc) is 2.29. The summed E-state index contributed by atoms with van der Waals surface area (Å²) in [6.07, 6.45) is 1.59. The van der Waals surface area contributed by atoms with Crippen molar-refractivity contribution in [1.82, 2.24) is 5.32 Å². The van der Waals surface area contributed by atoms with Crippen LogP contribution in [0.5, 0.6) is 5.75 Å². The summed E-state index contributed by atoms with van der Waals surface area (Å²) in [4.78, 5) is 11.9. The smallest absolute Gasteiger partial charge is 0.260 e. The Balaban J connectivity index is 2.49. The first-order chi connectivity index (χ1) is 8.52. The van der Waals surface area contributed by atoms with Crippen LogP contribution < -0.4 is 10.1 Å². The molecule has 1 N–H and O–H groups in total. The first kappa shape index (κ1) is 14.6. The Kier molecular flexibility index (Phi) is 5.69. The van der Waals surface area contributed by atoms with Gasteiger partial charge in [0.1, 0.15) is 5.75 Å². The molecule has 1 amide bonds. The van der Waals surface area contributed by atoms with Gasteiger partial charge >= 0.3 is 0 Å². The summed E-state index contributed by atoms with van der Waals surface area (Å²) >= 11 is 0. The van der Waals surface area contributed by atoms with Crippen molar-refractivity contribution in [2.45, 2.75) is 52.7 Å². The Morgan fingerprint density at radius 1 is 1.39 bits per heavy atom. The molecule has 3 heteroatoms. The lowest BCUT2D eigenvalue weighted by atomic mass is 10.2. The zero-order valence-corrected chi connectivity index (χ0v) is 11.7. The number of carbonyl (C=O) groups excluding carboxylic acids is 1. The third-order valence-corrected chi connectivity index (χ3v) is 2.78. The number of carbonyl (C=O) groups is 1. The summed E-state index contributed by atoms with van der Waals surface area (Å²) in [6.45, 7) is 7.90. The third kappa shape index (κ3) is 4.78. The second-order valence-electron chi connectivity index (χ2n) is 4.77. The van der Waals surface area contributed by atoms with Crippen LogP contribution in [0, 0.1) is 6.92 Å². The number of hydrogen-bond donors (Lipinski definition) is 1. The molecule has 0 spiro atoms. The van der Waals surface area contributed by atoms with Crippen LogP contribution in [-0.2, 0) is 4.79 Å². The summed E-state index contributed by atoms with van der Waals surface area (Å²) in [7, 11) is 0. The van der Waals surface area contributed by atoms with Crippen molar-refractivity contribution >= 4 is 5.91 Å². The molecule has 0 radical (unpaired) electrons. The molecule has 0 fully saturated rings. The molecule has 0 heterocycles. The minimum atomic E-state index is -0.467. The van der Waals surface area contributed by atoms with Gasteiger partial charge in [0.2, 0.25) is 0 Å². The van der Waals surface area contributed by atoms with Crippen molar-refractivity contribution < 1.29 is 9.53 Å². The molecule has 0 aliphatic carbocycles. The summed E-state index contributed by atoms with van der Waals surface area (Å²) in [5.74, 6) is 0.679. The van der Waals surface area contributed by atoms with Gasteiger partial charge in [0.15, 0.2) is 6.10 Å². The fraction of sp³-hybridized carbons (Fsp3) is 0.533. The summed E-state index contributed by atoms with van der Waals surface area (Å²) in [5.41, 5.74) is 1.12. The Labute approximate surface area is 110 Å². The first-order valence-corrected chi connectivity index (χ1v) is 6.56. The highest BCUT2D eigenvalue weighted by atomic mass is 16.5. The van der Waals surface area contributed by atoms with E-state index >= 15 is 0 Å². The van der Waals surface area contributed by atoms with Crippen LogP contribution in [0.4, 0.5) is 0 Å². The topological polar surface area (TPSA) is 38.3 Å². The van der Waals surface area contributed by atoms with Crippen LogP contribution in [0.3, 0.4) is 0 Å². The fourth-order valence-electron chi connectivity index (χ4n) is 1.81. The number of rotatable bonds is 6. The predicted molar refractivity (Wildman–Crippen MR) is 73.8 cm³/mol. The number of benzene rings is 1. The third-order valence-electron chi connectivity index (χ3n) is 2.78. The predicted octanol–water partition coefficient (Wildman–Crippen LogP) is 3.07. The Morgan fingerprint density at radius 3 is 2.72 bits per heavy atom. The minimum Gasteiger partial charge on any atom is -0.481 e. The SMILES string of the molecule is CCCC(C)NC(=O)C(C)Oc1cccc(C)c1. The first-order valence-electron chi connectivity index (χ1n) is 6.56. The molecule has 0 aliphatic rings. The van der Waals surface area contributed by atoms with Gasteiger partial charge in [-0.3, -0.25) is 4.79 Å². The van der Waals surface area contributed by atoms with E-state index in [1.165, 1.54) is 0 Å². The molecule has 3 nitrogen and oxygen atoms in total. The van der Waals surface area contributed by atoms with E-state index in [2.05, 4.69) is 12.2 Å². The second kappa shape index (κ2) is 7.04. The molecule has 18 heavy (non-hydrogen) atoms. The fourth-order valence-corrected chi connectivity index (χ4v) is 1.81. The van der Waals surface area contributed by atoms with Gasteiger partial charge in [-0.15, -0.1) is 0 Å². The molecular formula is C15H23NO2. The van der Waals surface area contributed by atoms with Crippen LogP contribution in [0.15, 0.2) is 24.3 Å². The maximum Gasteiger partial charge on any atom is 0.260 e. The highest BCUT2D eigenvalue weighted by Gasteiger charge is 2.16. The summed E-state index contributed by atoms with van der Waals surface area (Å²) in [6, 6.07) is 7.92. The van der Waals surface area contributed by atoms with Crippen LogP contribution in [0.1, 0.15) is 39.2 Å². The van der Waals surface area contributed by atoms with Crippen molar-refractivity contribution in [3.8, 4) is 5.75 Å². The van der Waals surface area contributed by atoms with E-state index in [0.717, 1.165) is 24.2 Å². The van der Waals surface area contributed by atoms with Crippen molar-refractivity contribution in [2.24, 2.45) is 0 Å². The highest BCUT2D eigenvalue weighted by molar-refractivity contribution is 5.80. The second-order valence-corrected chi connectivity index (χ2v) is 4.77. The minimum absolute atomic E-state index is 0.0579. The molecule has 100 valence electrons. The molecule has 0 saturated heterocycles. The van der Waals surface area contributed by atoms with E-state index in [1.54, 1.807) is 6.92 Å². The van der Waals surface area contributed by atoms with E-state index < -0.39 is 6.10 Å². The van der Waals surface area contributed by atoms with Gasteiger partial charge in [-0.25, -0.2) is 0 Å². The number of amides is 1. The molecule has 1 rings (SSSR count). The van der Waals surface area contributed by atoms with Crippen molar-refractivity contribution in [3.05, 3.63) is 29.8 Å². The van der Waals surface area contributed by atoms with Crippen molar-refractivity contribution in [2.75, 3.05) is 0 Å². The Bertz CT molecular complexity index is 390. The molecule has 1 aromatic carbocycles. The molecule has 0 bridgehead atoms. The largest absolute Gasteiger partial charge is 0.481 e. The summed E-state index contributed by atoms with van der Waals surface area (Å²) in [5, 5.41) is 2.95. The zero-order valence-electron chi connectivity index (χ0n) is 11.7. The van der Waals surface area contributed by atoms with Gasteiger partial charge < -0.3 is 10.1 Å². The van der Waals surface area contributed by atoms with Crippen LogP contribution in [0.2, 0.25) is 0 Å². The normalized spacial score (nSPS) is 13.8. The van der Waals surface area contributed by atoms with Gasteiger partial charge in [-0.05, 0) is 44.9 Å². The Morgan fingerprint density at radius 2 is 2.11 bits per heavy atom. The maximum absolute atomic E-state index is 11.9. The lowest BCUT2D eigenvalue weighted by molar-refractivity contribution is -0.127. The van der Waals surface area contributed by atoms with E-state index in [-0.39, 0.29) is 11.9 Å². The summed E-state index contributed by atoms with van der Waals surface area (Å²) < 4.78 is 5.62. The van der Waals surface area contributed by atoms with E-state index in [9.17, 15) is 4.79 Å². The van der Waals surface area contributed by atoms with Crippen LogP contribution in [0.25, 0.3) is 0 Å². The average molecular weight is 249 g/mol. The van der Waals surface area contributed by atoms with Crippen LogP contribution >= 0.6 is 0 Å². The monoisotopic (exact) mass is 249 g/mol. The molecular weight excluding hydrogens is 226 g/mol. The van der Waals surface area contributed by atoms with Crippen LogP contribution in [-0.4, -0.2) is 18.1 Å². The quantitative estimate of drug-likeness (QED) is 0.841. The molecule has 0 aromatic heterocycles. The number of hydrogen-bond acceptors (Lipinski definition) is 2. The number of ether oxygens (including phenoxy) is 1. The number of nitrogens with one attached hydrogen (secondary N) is 1. The van der Waals surface area contributed by atoms with Gasteiger partial charge in [-0.1, -0.05) is 25.5 Å². The molecule has 1 aromatic rings. The highest BCUT2D eigenvalue weighted by Crippen LogP contribution is 2.14. The Hall–Kier alpha value is -1.51. The molecule has 0 aliphatic heterocycles. The lowest BCUT2D eigenvalue weighted by Gasteiger charge is -2.18. The van der Waals surface area contributed by atoms with Gasteiger partial charge in [0.25, 0.3) is 5.91 Å². The van der Waals surface area contributed by atoms with E-state index in [1.807, 2.05) is 38.1 Å². The number of aryl methyl sites for hydroxylation is 1. The molecule has 2 atom stereocenters. The van der Waals surface area contributed by atoms with E-state index in [0.29, 0.717) is 0 Å². The van der Waals surface area contributed by atoms with Gasteiger partial charge in [-0.2, -0.15) is 0 Å². The molecule has 0 saturated carbocycles. The van der Waals surface area contributed by atoms with Crippen molar-refractivity contribution in [1.29, 1.82) is 0 Å².